The van der Waals surface area contributed by atoms with Crippen molar-refractivity contribution in [2.45, 2.75) is 17.4 Å². The number of rotatable bonds is 7. The maximum absolute atomic E-state index is 13.0. The number of carbonyl (C=O) groups excluding carboxylic acids is 1. The molecule has 3 aromatic carbocycles. The van der Waals surface area contributed by atoms with E-state index in [0.29, 0.717) is 0 Å². The molecule has 0 spiro atoms. The molecule has 1 N–H and O–H groups in total. The fourth-order valence-corrected chi connectivity index (χ4v) is 3.69. The van der Waals surface area contributed by atoms with E-state index in [2.05, 4.69) is 0 Å². The summed E-state index contributed by atoms with van der Waals surface area (Å²) >= 11 is 0. The van der Waals surface area contributed by atoms with E-state index in [0.717, 1.165) is 5.56 Å². The summed E-state index contributed by atoms with van der Waals surface area (Å²) in [6.07, 6.45) is 0. The molecule has 0 aliphatic carbocycles. The Morgan fingerprint density at radius 2 is 1.43 bits per heavy atom. The largest absolute Gasteiger partial charge is 0.375 e. The molecule has 0 radical (unpaired) electrons. The van der Waals surface area contributed by atoms with Crippen molar-refractivity contribution in [2.75, 3.05) is 6.61 Å². The van der Waals surface area contributed by atoms with Crippen molar-refractivity contribution >= 4 is 15.9 Å². The van der Waals surface area contributed by atoms with Gasteiger partial charge < -0.3 is 5.11 Å². The van der Waals surface area contributed by atoms with Crippen molar-refractivity contribution in [1.82, 2.24) is 0 Å². The van der Waals surface area contributed by atoms with E-state index in [4.69, 9.17) is 4.18 Å². The summed E-state index contributed by atoms with van der Waals surface area (Å²) in [6.45, 7) is 1.10. The normalized spacial score (nSPS) is 13.6. The van der Waals surface area contributed by atoms with Crippen molar-refractivity contribution in [3.8, 4) is 0 Å². The minimum Gasteiger partial charge on any atom is -0.375 e. The Hall–Kier alpha value is -2.80. The van der Waals surface area contributed by atoms with Crippen LogP contribution in [0.5, 0.6) is 0 Å². The second-order valence-corrected chi connectivity index (χ2v) is 8.07. The molecule has 1 unspecified atom stereocenters. The SMILES string of the molecule is Cc1ccc(S(=O)(=O)OCC(O)(C(=O)c2ccccc2)c2ccccc2)cc1. The zero-order chi connectivity index (χ0) is 20.2. The molecule has 0 bridgehead atoms. The lowest BCUT2D eigenvalue weighted by Crippen LogP contribution is -2.41. The predicted octanol–water partition coefficient (Wildman–Crippen LogP) is 3.47. The summed E-state index contributed by atoms with van der Waals surface area (Å²) in [4.78, 5) is 13.0. The molecule has 3 rings (SSSR count). The third kappa shape index (κ3) is 4.20. The Labute approximate surface area is 164 Å². The Morgan fingerprint density at radius 1 is 0.893 bits per heavy atom. The number of hydrogen-bond donors (Lipinski definition) is 1. The quantitative estimate of drug-likeness (QED) is 0.489. The highest BCUT2D eigenvalue weighted by Crippen LogP contribution is 2.28. The fraction of sp³-hybridized carbons (Fsp3) is 0.136. The third-order valence-corrected chi connectivity index (χ3v) is 5.67. The number of Topliss-reactive ketones (excluding diaryl/α,β-unsaturated/α-hetero) is 1. The van der Waals surface area contributed by atoms with Crippen LogP contribution in [-0.4, -0.2) is 25.9 Å². The summed E-state index contributed by atoms with van der Waals surface area (Å²) in [6, 6.07) is 22.5. The van der Waals surface area contributed by atoms with Gasteiger partial charge in [-0.1, -0.05) is 78.4 Å². The molecule has 5 nitrogen and oxygen atoms in total. The van der Waals surface area contributed by atoms with Crippen LogP contribution in [0, 0.1) is 6.92 Å². The van der Waals surface area contributed by atoms with Gasteiger partial charge in [0.25, 0.3) is 10.1 Å². The van der Waals surface area contributed by atoms with Crippen LogP contribution in [0.25, 0.3) is 0 Å². The van der Waals surface area contributed by atoms with Gasteiger partial charge >= 0.3 is 0 Å². The number of aryl methyl sites for hydroxylation is 1. The maximum Gasteiger partial charge on any atom is 0.297 e. The zero-order valence-electron chi connectivity index (χ0n) is 15.3. The number of carbonyl (C=O) groups is 1. The summed E-state index contributed by atoms with van der Waals surface area (Å²) in [5.41, 5.74) is -0.743. The van der Waals surface area contributed by atoms with Gasteiger partial charge in [-0.25, -0.2) is 0 Å². The van der Waals surface area contributed by atoms with Gasteiger partial charge in [-0.05, 0) is 24.6 Å². The molecule has 0 aliphatic heterocycles. The Kier molecular flexibility index (Phi) is 5.74. The van der Waals surface area contributed by atoms with Gasteiger partial charge in [0, 0.05) is 5.56 Å². The van der Waals surface area contributed by atoms with E-state index in [9.17, 15) is 18.3 Å². The zero-order valence-corrected chi connectivity index (χ0v) is 16.1. The first-order valence-electron chi connectivity index (χ1n) is 8.67. The van der Waals surface area contributed by atoms with Crippen LogP contribution < -0.4 is 0 Å². The highest BCUT2D eigenvalue weighted by molar-refractivity contribution is 7.86. The molecule has 0 saturated heterocycles. The van der Waals surface area contributed by atoms with Gasteiger partial charge in [0.15, 0.2) is 5.60 Å². The molecule has 0 fully saturated rings. The molecule has 0 aromatic heterocycles. The predicted molar refractivity (Wildman–Crippen MR) is 105 cm³/mol. The van der Waals surface area contributed by atoms with Crippen LogP contribution in [0.3, 0.4) is 0 Å². The molecule has 1 atom stereocenters. The second kappa shape index (κ2) is 8.06. The molecule has 6 heteroatoms. The van der Waals surface area contributed by atoms with Crippen molar-refractivity contribution in [3.05, 3.63) is 102 Å². The Bertz CT molecular complexity index is 1050. The highest BCUT2D eigenvalue weighted by Gasteiger charge is 2.40. The molecule has 0 heterocycles. The first-order valence-corrected chi connectivity index (χ1v) is 10.1. The average Bonchev–Trinajstić information content (AvgIpc) is 2.73. The number of aliphatic hydroxyl groups is 1. The van der Waals surface area contributed by atoms with Crippen LogP contribution in [0.15, 0.2) is 89.8 Å². The van der Waals surface area contributed by atoms with Crippen LogP contribution in [0.4, 0.5) is 0 Å². The Morgan fingerprint density at radius 3 is 2.00 bits per heavy atom. The topological polar surface area (TPSA) is 80.7 Å². The van der Waals surface area contributed by atoms with Gasteiger partial charge in [0.2, 0.25) is 5.78 Å². The fourth-order valence-electron chi connectivity index (χ4n) is 2.76. The lowest BCUT2D eigenvalue weighted by Gasteiger charge is -2.27. The third-order valence-electron chi connectivity index (χ3n) is 4.40. The van der Waals surface area contributed by atoms with Gasteiger partial charge in [-0.2, -0.15) is 8.42 Å². The summed E-state index contributed by atoms with van der Waals surface area (Å²) in [7, 11) is -4.15. The number of hydrogen-bond acceptors (Lipinski definition) is 5. The molecule has 144 valence electrons. The molecule has 3 aromatic rings. The van der Waals surface area contributed by atoms with Crippen LogP contribution in [-0.2, 0) is 19.9 Å². The van der Waals surface area contributed by atoms with Gasteiger partial charge in [0.1, 0.15) is 6.61 Å². The van der Waals surface area contributed by atoms with Crippen molar-refractivity contribution in [2.24, 2.45) is 0 Å². The molecular weight excluding hydrogens is 376 g/mol. The van der Waals surface area contributed by atoms with E-state index in [1.165, 1.54) is 12.1 Å². The van der Waals surface area contributed by atoms with Gasteiger partial charge in [-0.15, -0.1) is 0 Å². The first-order chi connectivity index (χ1) is 13.3. The maximum atomic E-state index is 13.0. The van der Waals surface area contributed by atoms with E-state index in [1.807, 2.05) is 6.92 Å². The molecule has 0 saturated carbocycles. The average molecular weight is 396 g/mol. The van der Waals surface area contributed by atoms with E-state index < -0.39 is 28.1 Å². The van der Waals surface area contributed by atoms with Crippen LogP contribution >= 0.6 is 0 Å². The monoisotopic (exact) mass is 396 g/mol. The van der Waals surface area contributed by atoms with E-state index in [-0.39, 0.29) is 16.0 Å². The Balaban J connectivity index is 1.94. The number of ketones is 1. The lowest BCUT2D eigenvalue weighted by atomic mass is 9.86. The standard InChI is InChI=1S/C22H20O5S/c1-17-12-14-20(15-13-17)28(25,26)27-16-22(24,19-10-6-3-7-11-19)21(23)18-8-4-2-5-9-18/h2-15,24H,16H2,1H3. The molecule has 0 aliphatic rings. The van der Waals surface area contributed by atoms with Gasteiger partial charge in [0.05, 0.1) is 4.90 Å². The second-order valence-electron chi connectivity index (χ2n) is 6.45. The molecular formula is C22H20O5S. The van der Waals surface area contributed by atoms with Gasteiger partial charge in [-0.3, -0.25) is 8.98 Å². The van der Waals surface area contributed by atoms with Crippen molar-refractivity contribution in [3.63, 3.8) is 0 Å². The lowest BCUT2D eigenvalue weighted by molar-refractivity contribution is 0.00410. The minimum atomic E-state index is -4.15. The molecule has 0 amide bonds. The summed E-state index contributed by atoms with van der Waals surface area (Å²) in [5, 5.41) is 11.2. The summed E-state index contributed by atoms with van der Waals surface area (Å²) in [5.74, 6) is -0.640. The van der Waals surface area contributed by atoms with Crippen molar-refractivity contribution < 1.29 is 22.5 Å². The highest BCUT2D eigenvalue weighted by atomic mass is 32.2. The summed E-state index contributed by atoms with van der Waals surface area (Å²) < 4.78 is 30.2. The van der Waals surface area contributed by atoms with E-state index in [1.54, 1.807) is 72.8 Å². The van der Waals surface area contributed by atoms with Crippen LogP contribution in [0.2, 0.25) is 0 Å². The number of benzene rings is 3. The smallest absolute Gasteiger partial charge is 0.297 e. The minimum absolute atomic E-state index is 0.0410. The van der Waals surface area contributed by atoms with Crippen LogP contribution in [0.1, 0.15) is 21.5 Å². The van der Waals surface area contributed by atoms with Crippen molar-refractivity contribution in [1.29, 1.82) is 0 Å². The first kappa shape index (κ1) is 19.9. The van der Waals surface area contributed by atoms with E-state index >= 15 is 0 Å². The molecule has 28 heavy (non-hydrogen) atoms.